The van der Waals surface area contributed by atoms with E-state index in [1.807, 2.05) is 0 Å². The summed E-state index contributed by atoms with van der Waals surface area (Å²) in [6.45, 7) is 0. The van der Waals surface area contributed by atoms with Gasteiger partial charge in [-0.1, -0.05) is 6.07 Å². The largest absolute Gasteiger partial charge is 0.459 e. The van der Waals surface area contributed by atoms with Crippen LogP contribution in [0.3, 0.4) is 0 Å². The summed E-state index contributed by atoms with van der Waals surface area (Å²) >= 11 is 0. The van der Waals surface area contributed by atoms with E-state index in [-0.39, 0.29) is 4.40 Å². The first-order valence-electron chi connectivity index (χ1n) is 5.41. The van der Waals surface area contributed by atoms with Gasteiger partial charge in [-0.3, -0.25) is 9.20 Å². The molecule has 120 valence electrons. The topological polar surface area (TPSA) is 34.4 Å². The van der Waals surface area contributed by atoms with Crippen molar-refractivity contribution in [1.82, 2.24) is 9.38 Å². The van der Waals surface area contributed by atoms with Gasteiger partial charge in [0.05, 0.1) is 0 Å². The van der Waals surface area contributed by atoms with Gasteiger partial charge in [-0.05, 0) is 12.1 Å². The third-order valence-corrected chi connectivity index (χ3v) is 2.67. The number of halogens is 8. The highest BCUT2D eigenvalue weighted by Gasteiger charge is 2.63. The van der Waals surface area contributed by atoms with Crippen molar-refractivity contribution in [3.05, 3.63) is 46.0 Å². The fourth-order valence-corrected chi connectivity index (χ4v) is 1.71. The molecule has 0 fully saturated rings. The lowest BCUT2D eigenvalue weighted by molar-refractivity contribution is -0.292. The van der Waals surface area contributed by atoms with Crippen LogP contribution in [0.25, 0.3) is 5.65 Å². The SMILES string of the molecule is O=c1c(C(F)(F)F)c(C(F)(F)C(F)(F)F)nc2ccccn12. The molecule has 0 saturated heterocycles. The van der Waals surface area contributed by atoms with E-state index in [9.17, 15) is 39.9 Å². The maximum atomic E-state index is 13.3. The number of fused-ring (bicyclic) bond motifs is 1. The van der Waals surface area contributed by atoms with Crippen molar-refractivity contribution in [2.45, 2.75) is 18.3 Å². The lowest BCUT2D eigenvalue weighted by Gasteiger charge is -2.22. The fourth-order valence-electron chi connectivity index (χ4n) is 1.71. The fraction of sp³-hybridized carbons (Fsp3) is 0.273. The molecule has 0 amide bonds. The van der Waals surface area contributed by atoms with Crippen LogP contribution in [-0.4, -0.2) is 15.6 Å². The Morgan fingerprint density at radius 1 is 0.955 bits per heavy atom. The standard InChI is InChI=1S/C11H4F8N2O/c12-9(13,11(17,18)19)7-6(10(14,15)16)8(22)21-4-2-1-3-5(21)20-7/h1-4H. The molecule has 3 nitrogen and oxygen atoms in total. The minimum atomic E-state index is -6.33. The highest BCUT2D eigenvalue weighted by atomic mass is 19.4. The summed E-state index contributed by atoms with van der Waals surface area (Å²) in [5, 5.41) is 0. The summed E-state index contributed by atoms with van der Waals surface area (Å²) in [7, 11) is 0. The maximum absolute atomic E-state index is 13.3. The molecule has 0 aromatic carbocycles. The van der Waals surface area contributed by atoms with Crippen molar-refractivity contribution in [3.8, 4) is 0 Å². The van der Waals surface area contributed by atoms with Gasteiger partial charge in [0.25, 0.3) is 5.56 Å². The van der Waals surface area contributed by atoms with Gasteiger partial charge in [0.15, 0.2) is 0 Å². The van der Waals surface area contributed by atoms with Crippen molar-refractivity contribution in [3.63, 3.8) is 0 Å². The van der Waals surface area contributed by atoms with Gasteiger partial charge >= 0.3 is 18.3 Å². The van der Waals surface area contributed by atoms with Gasteiger partial charge in [0.1, 0.15) is 16.9 Å². The molecule has 0 aliphatic rings. The normalized spacial score (nSPS) is 13.6. The number of hydrogen-bond donors (Lipinski definition) is 0. The molecule has 0 spiro atoms. The lowest BCUT2D eigenvalue weighted by Crippen LogP contribution is -2.40. The number of hydrogen-bond acceptors (Lipinski definition) is 2. The van der Waals surface area contributed by atoms with E-state index in [1.165, 1.54) is 0 Å². The smallest absolute Gasteiger partial charge is 0.268 e. The molecule has 0 unspecified atom stereocenters. The molecule has 2 aromatic rings. The lowest BCUT2D eigenvalue weighted by atomic mass is 10.1. The summed E-state index contributed by atoms with van der Waals surface area (Å²) < 4.78 is 102. The second-order valence-corrected chi connectivity index (χ2v) is 4.14. The Hall–Kier alpha value is -2.20. The molecule has 2 heterocycles. The monoisotopic (exact) mass is 332 g/mol. The van der Waals surface area contributed by atoms with Crippen LogP contribution in [0.4, 0.5) is 35.1 Å². The number of pyridine rings is 1. The predicted octanol–water partition coefficient (Wildman–Crippen LogP) is 3.37. The number of rotatable bonds is 1. The van der Waals surface area contributed by atoms with E-state index in [1.54, 1.807) is 0 Å². The third-order valence-electron chi connectivity index (χ3n) is 2.67. The Morgan fingerprint density at radius 2 is 1.55 bits per heavy atom. The van der Waals surface area contributed by atoms with E-state index in [0.29, 0.717) is 0 Å². The van der Waals surface area contributed by atoms with Crippen LogP contribution in [0.15, 0.2) is 29.2 Å². The average molecular weight is 332 g/mol. The van der Waals surface area contributed by atoms with Crippen LogP contribution in [-0.2, 0) is 12.1 Å². The van der Waals surface area contributed by atoms with Crippen LogP contribution < -0.4 is 5.56 Å². The second kappa shape index (κ2) is 4.65. The molecule has 22 heavy (non-hydrogen) atoms. The van der Waals surface area contributed by atoms with Crippen molar-refractivity contribution in [2.24, 2.45) is 0 Å². The first-order valence-corrected chi connectivity index (χ1v) is 5.41. The highest BCUT2D eigenvalue weighted by molar-refractivity contribution is 5.42. The zero-order chi connectivity index (χ0) is 16.9. The Labute approximate surface area is 115 Å². The van der Waals surface area contributed by atoms with Crippen molar-refractivity contribution in [2.75, 3.05) is 0 Å². The van der Waals surface area contributed by atoms with E-state index in [0.717, 1.165) is 24.4 Å². The molecular formula is C11H4F8N2O. The maximum Gasteiger partial charge on any atom is 0.459 e. The average Bonchev–Trinajstić information content (AvgIpc) is 2.35. The summed E-state index contributed by atoms with van der Waals surface area (Å²) in [5.41, 5.74) is -8.14. The summed E-state index contributed by atoms with van der Waals surface area (Å²) in [5.74, 6) is -5.93. The van der Waals surface area contributed by atoms with Crippen LogP contribution in [0.2, 0.25) is 0 Å². The second-order valence-electron chi connectivity index (χ2n) is 4.14. The molecule has 0 radical (unpaired) electrons. The molecule has 0 aliphatic heterocycles. The summed E-state index contributed by atoms with van der Waals surface area (Å²) in [6, 6.07) is 3.04. The zero-order valence-electron chi connectivity index (χ0n) is 10.1. The molecule has 0 aliphatic carbocycles. The van der Waals surface area contributed by atoms with Gasteiger partial charge in [0.2, 0.25) is 0 Å². The van der Waals surface area contributed by atoms with Crippen LogP contribution in [0.5, 0.6) is 0 Å². The Bertz CT molecular complexity index is 774. The molecule has 0 atom stereocenters. The van der Waals surface area contributed by atoms with E-state index < -0.39 is 40.7 Å². The van der Waals surface area contributed by atoms with Gasteiger partial charge in [0, 0.05) is 6.20 Å². The number of alkyl halides is 8. The molecule has 2 rings (SSSR count). The predicted molar refractivity (Wildman–Crippen MR) is 56.4 cm³/mol. The van der Waals surface area contributed by atoms with Gasteiger partial charge in [-0.25, -0.2) is 4.98 Å². The zero-order valence-corrected chi connectivity index (χ0v) is 10.1. The Kier molecular flexibility index (Phi) is 3.42. The number of aromatic nitrogens is 2. The molecular weight excluding hydrogens is 328 g/mol. The Balaban J connectivity index is 2.98. The van der Waals surface area contributed by atoms with Gasteiger partial charge in [-0.2, -0.15) is 35.1 Å². The van der Waals surface area contributed by atoms with Crippen molar-refractivity contribution in [1.29, 1.82) is 0 Å². The summed E-state index contributed by atoms with van der Waals surface area (Å²) in [6.07, 6.45) is -11.3. The first kappa shape index (κ1) is 16.2. The van der Waals surface area contributed by atoms with E-state index in [2.05, 4.69) is 4.98 Å². The van der Waals surface area contributed by atoms with E-state index >= 15 is 0 Å². The minimum Gasteiger partial charge on any atom is -0.268 e. The van der Waals surface area contributed by atoms with Crippen molar-refractivity contribution >= 4 is 5.65 Å². The van der Waals surface area contributed by atoms with Crippen molar-refractivity contribution < 1.29 is 35.1 Å². The van der Waals surface area contributed by atoms with Crippen LogP contribution >= 0.6 is 0 Å². The molecule has 0 saturated carbocycles. The molecule has 2 aromatic heterocycles. The highest BCUT2D eigenvalue weighted by Crippen LogP contribution is 2.46. The minimum absolute atomic E-state index is 0.235. The van der Waals surface area contributed by atoms with Crippen LogP contribution in [0.1, 0.15) is 11.3 Å². The molecule has 11 heteroatoms. The molecule has 0 N–H and O–H groups in total. The Morgan fingerprint density at radius 3 is 2.05 bits per heavy atom. The third kappa shape index (κ3) is 2.40. The number of nitrogens with zero attached hydrogens (tertiary/aromatic N) is 2. The van der Waals surface area contributed by atoms with Crippen LogP contribution in [0, 0.1) is 0 Å². The first-order chi connectivity index (χ1) is 9.87. The quantitative estimate of drug-likeness (QED) is 0.751. The molecule has 0 bridgehead atoms. The van der Waals surface area contributed by atoms with Gasteiger partial charge < -0.3 is 0 Å². The van der Waals surface area contributed by atoms with E-state index in [4.69, 9.17) is 0 Å². The summed E-state index contributed by atoms with van der Waals surface area (Å²) in [4.78, 5) is 14.4. The van der Waals surface area contributed by atoms with Gasteiger partial charge in [-0.15, -0.1) is 0 Å².